The molecule has 0 radical (unpaired) electrons. The Labute approximate surface area is 199 Å². The molecule has 8 atom stereocenters. The molecule has 2 nitrogen and oxygen atoms in total. The number of carbonyl (C=O) groups is 1. The van der Waals surface area contributed by atoms with Crippen LogP contribution in [0.3, 0.4) is 0 Å². The van der Waals surface area contributed by atoms with Crippen molar-refractivity contribution in [3.8, 4) is 0 Å². The van der Waals surface area contributed by atoms with Crippen LogP contribution in [0.15, 0.2) is 11.6 Å². The van der Waals surface area contributed by atoms with Gasteiger partial charge in [0.1, 0.15) is 0 Å². The number of amides is 1. The molecule has 0 aromatic carbocycles. The highest BCUT2D eigenvalue weighted by molar-refractivity contribution is 5.77. The Kier molecular flexibility index (Phi) is 6.92. The van der Waals surface area contributed by atoms with E-state index in [9.17, 15) is 4.79 Å². The fraction of sp³-hybridized carbons (Fsp3) is 0.900. The number of allylic oxidation sites excluding steroid dienone is 1. The SMILES string of the molecule is CCC=C1CC2N(C)C(=O)CC[C@]2(C)[C@H]2CC[C@]3(C)[C@@H]([C@H](C)CCCC(C)C)CC[C@H]3[C@H]12. The molecule has 3 saturated carbocycles. The Hall–Kier alpha value is -0.790. The van der Waals surface area contributed by atoms with Gasteiger partial charge in [-0.3, -0.25) is 4.79 Å². The summed E-state index contributed by atoms with van der Waals surface area (Å²) in [4.78, 5) is 14.7. The first kappa shape index (κ1) is 24.3. The van der Waals surface area contributed by atoms with E-state index in [0.717, 1.165) is 61.2 Å². The van der Waals surface area contributed by atoms with E-state index in [1.54, 1.807) is 5.57 Å². The second-order valence-electron chi connectivity index (χ2n) is 13.2. The normalized spacial score (nSPS) is 43.9. The summed E-state index contributed by atoms with van der Waals surface area (Å²) < 4.78 is 0. The predicted octanol–water partition coefficient (Wildman–Crippen LogP) is 7.87. The van der Waals surface area contributed by atoms with E-state index in [2.05, 4.69) is 59.6 Å². The van der Waals surface area contributed by atoms with Gasteiger partial charge in [-0.15, -0.1) is 0 Å². The van der Waals surface area contributed by atoms with Crippen LogP contribution in [0.2, 0.25) is 0 Å². The van der Waals surface area contributed by atoms with Crippen molar-refractivity contribution in [1.82, 2.24) is 4.90 Å². The van der Waals surface area contributed by atoms with Gasteiger partial charge in [-0.1, -0.05) is 72.5 Å². The van der Waals surface area contributed by atoms with Crippen LogP contribution in [0.25, 0.3) is 0 Å². The monoisotopic (exact) mass is 441 g/mol. The molecule has 1 aliphatic heterocycles. The van der Waals surface area contributed by atoms with Gasteiger partial charge >= 0.3 is 0 Å². The molecule has 2 heteroatoms. The second-order valence-corrected chi connectivity index (χ2v) is 13.2. The van der Waals surface area contributed by atoms with Gasteiger partial charge in [-0.2, -0.15) is 0 Å². The van der Waals surface area contributed by atoms with Crippen molar-refractivity contribution >= 4 is 5.91 Å². The average Bonchev–Trinajstić information content (AvgIpc) is 3.09. The maximum atomic E-state index is 12.6. The van der Waals surface area contributed by atoms with Crippen LogP contribution in [-0.4, -0.2) is 23.9 Å². The lowest BCUT2D eigenvalue weighted by atomic mass is 9.45. The zero-order valence-corrected chi connectivity index (χ0v) is 22.3. The lowest BCUT2D eigenvalue weighted by molar-refractivity contribution is -0.152. The molecule has 1 unspecified atom stereocenters. The molecule has 0 bridgehead atoms. The Morgan fingerprint density at radius 2 is 1.75 bits per heavy atom. The van der Waals surface area contributed by atoms with E-state index in [1.165, 1.54) is 44.9 Å². The minimum atomic E-state index is 0.306. The third-order valence-electron chi connectivity index (χ3n) is 11.1. The Morgan fingerprint density at radius 3 is 2.44 bits per heavy atom. The molecule has 1 saturated heterocycles. The quantitative estimate of drug-likeness (QED) is 0.384. The number of piperidine rings is 1. The van der Waals surface area contributed by atoms with Gasteiger partial charge in [0.2, 0.25) is 5.91 Å². The fourth-order valence-corrected chi connectivity index (χ4v) is 9.40. The van der Waals surface area contributed by atoms with Crippen molar-refractivity contribution in [3.05, 3.63) is 11.6 Å². The fourth-order valence-electron chi connectivity index (χ4n) is 9.40. The van der Waals surface area contributed by atoms with Crippen molar-refractivity contribution < 1.29 is 4.79 Å². The van der Waals surface area contributed by atoms with Crippen LogP contribution in [0.4, 0.5) is 0 Å². The van der Waals surface area contributed by atoms with Crippen LogP contribution in [0, 0.1) is 46.3 Å². The van der Waals surface area contributed by atoms with Crippen LogP contribution in [-0.2, 0) is 4.79 Å². The zero-order chi connectivity index (χ0) is 23.3. The van der Waals surface area contributed by atoms with Crippen LogP contribution in [0.5, 0.6) is 0 Å². The summed E-state index contributed by atoms with van der Waals surface area (Å²) in [5.41, 5.74) is 2.55. The van der Waals surface area contributed by atoms with Crippen molar-refractivity contribution in [2.45, 2.75) is 118 Å². The van der Waals surface area contributed by atoms with Gasteiger partial charge in [0.15, 0.2) is 0 Å². The van der Waals surface area contributed by atoms with E-state index in [4.69, 9.17) is 0 Å². The zero-order valence-electron chi connectivity index (χ0n) is 22.3. The third kappa shape index (κ3) is 3.90. The van der Waals surface area contributed by atoms with Crippen LogP contribution < -0.4 is 0 Å². The lowest BCUT2D eigenvalue weighted by Gasteiger charge is -2.62. The summed E-state index contributed by atoms with van der Waals surface area (Å²) in [6, 6.07) is 0.416. The molecule has 1 amide bonds. The van der Waals surface area contributed by atoms with Gasteiger partial charge in [-0.05, 0) is 91.3 Å². The summed E-state index contributed by atoms with van der Waals surface area (Å²) in [5.74, 6) is 5.37. The molecule has 4 aliphatic rings. The van der Waals surface area contributed by atoms with E-state index in [1.807, 2.05) is 0 Å². The standard InChI is InChI=1S/C30H51NO/c1-8-10-22-19-26-30(6,18-16-27(32)31(26)7)25-15-17-29(5)23(13-14-24(29)28(22)25)21(4)12-9-11-20(2)3/h10,20-21,23-26,28H,8-9,11-19H2,1-7H3/t21-,23-,24+,25+,26?,28+,29-,30-/m1/s1. The molecule has 0 spiro atoms. The largest absolute Gasteiger partial charge is 0.342 e. The summed E-state index contributed by atoms with van der Waals surface area (Å²) >= 11 is 0. The smallest absolute Gasteiger partial charge is 0.222 e. The van der Waals surface area contributed by atoms with Crippen molar-refractivity contribution in [3.63, 3.8) is 0 Å². The number of fused-ring (bicyclic) bond motifs is 5. The van der Waals surface area contributed by atoms with E-state index in [0.29, 0.717) is 22.8 Å². The minimum Gasteiger partial charge on any atom is -0.342 e. The molecule has 0 aromatic heterocycles. The molecule has 3 aliphatic carbocycles. The number of carbonyl (C=O) groups excluding carboxylic acids is 1. The average molecular weight is 442 g/mol. The first-order chi connectivity index (χ1) is 15.1. The number of nitrogens with zero attached hydrogens (tertiary/aromatic N) is 1. The number of likely N-dealkylation sites (tertiary alicyclic amines) is 1. The lowest BCUT2D eigenvalue weighted by Crippen LogP contribution is -2.62. The molecule has 32 heavy (non-hydrogen) atoms. The first-order valence-electron chi connectivity index (χ1n) is 14.1. The van der Waals surface area contributed by atoms with E-state index in [-0.39, 0.29) is 0 Å². The van der Waals surface area contributed by atoms with Gasteiger partial charge in [0, 0.05) is 19.5 Å². The second kappa shape index (κ2) is 9.10. The molecular formula is C30H51NO. The molecule has 1 heterocycles. The Morgan fingerprint density at radius 1 is 1.03 bits per heavy atom. The summed E-state index contributed by atoms with van der Waals surface area (Å²) in [7, 11) is 2.09. The predicted molar refractivity (Wildman–Crippen MR) is 135 cm³/mol. The van der Waals surface area contributed by atoms with E-state index < -0.39 is 0 Å². The molecule has 0 aromatic rings. The number of hydrogen-bond acceptors (Lipinski definition) is 1. The maximum absolute atomic E-state index is 12.6. The Bertz CT molecular complexity index is 724. The highest BCUT2D eigenvalue weighted by Crippen LogP contribution is 2.68. The molecular weight excluding hydrogens is 390 g/mol. The van der Waals surface area contributed by atoms with Crippen LogP contribution in [0.1, 0.15) is 112 Å². The maximum Gasteiger partial charge on any atom is 0.222 e. The summed E-state index contributed by atoms with van der Waals surface area (Å²) in [6.45, 7) is 14.9. The number of rotatable bonds is 6. The van der Waals surface area contributed by atoms with Crippen molar-refractivity contribution in [1.29, 1.82) is 0 Å². The summed E-state index contributed by atoms with van der Waals surface area (Å²) in [6.07, 6.45) is 16.6. The Balaban J connectivity index is 1.60. The minimum absolute atomic E-state index is 0.306. The highest BCUT2D eigenvalue weighted by Gasteiger charge is 2.62. The van der Waals surface area contributed by atoms with Gasteiger partial charge in [0.05, 0.1) is 0 Å². The molecule has 4 fully saturated rings. The third-order valence-corrected chi connectivity index (χ3v) is 11.1. The van der Waals surface area contributed by atoms with Gasteiger partial charge in [0.25, 0.3) is 0 Å². The molecule has 0 N–H and O–H groups in total. The summed E-state index contributed by atoms with van der Waals surface area (Å²) in [5, 5.41) is 0. The molecule has 182 valence electrons. The van der Waals surface area contributed by atoms with Crippen molar-refractivity contribution in [2.75, 3.05) is 7.05 Å². The highest BCUT2D eigenvalue weighted by atomic mass is 16.2. The van der Waals surface area contributed by atoms with Crippen LogP contribution >= 0.6 is 0 Å². The van der Waals surface area contributed by atoms with Gasteiger partial charge < -0.3 is 4.90 Å². The molecule has 4 rings (SSSR count). The topological polar surface area (TPSA) is 20.3 Å². The van der Waals surface area contributed by atoms with E-state index >= 15 is 0 Å². The van der Waals surface area contributed by atoms with Crippen molar-refractivity contribution in [2.24, 2.45) is 46.3 Å². The first-order valence-corrected chi connectivity index (χ1v) is 14.1. The number of hydrogen-bond donors (Lipinski definition) is 0. The van der Waals surface area contributed by atoms with Gasteiger partial charge in [-0.25, -0.2) is 0 Å².